The first-order valence-corrected chi connectivity index (χ1v) is 8.30. The molecule has 4 N–H and O–H groups in total. The van der Waals surface area contributed by atoms with Crippen LogP contribution in [0.15, 0.2) is 24.3 Å². The predicted octanol–water partition coefficient (Wildman–Crippen LogP) is 3.10. The molecule has 0 radical (unpaired) electrons. The second-order valence-corrected chi connectivity index (χ2v) is 7.03. The summed E-state index contributed by atoms with van der Waals surface area (Å²) in [5.74, 6) is 0. The highest BCUT2D eigenvalue weighted by Gasteiger charge is 2.15. The Labute approximate surface area is 139 Å². The van der Waals surface area contributed by atoms with Gasteiger partial charge in [0.1, 0.15) is 0 Å². The van der Waals surface area contributed by atoms with Crippen molar-refractivity contribution in [3.05, 3.63) is 29.8 Å². The molecule has 0 fully saturated rings. The van der Waals surface area contributed by atoms with Crippen LogP contribution in [0.5, 0.6) is 0 Å². The summed E-state index contributed by atoms with van der Waals surface area (Å²) in [4.78, 5) is 11.8. The van der Waals surface area contributed by atoms with E-state index < -0.39 is 0 Å². The van der Waals surface area contributed by atoms with Crippen molar-refractivity contribution < 1.29 is 9.90 Å². The Morgan fingerprint density at radius 2 is 2.00 bits per heavy atom. The number of hydrogen-bond acceptors (Lipinski definition) is 3. The van der Waals surface area contributed by atoms with Gasteiger partial charge in [-0.05, 0) is 49.8 Å². The first-order chi connectivity index (χ1) is 10.8. The number of aliphatic hydroxyl groups excluding tert-OH is 1. The van der Waals surface area contributed by atoms with E-state index in [9.17, 15) is 9.90 Å². The van der Waals surface area contributed by atoms with Crippen molar-refractivity contribution in [1.82, 2.24) is 10.6 Å². The lowest BCUT2D eigenvalue weighted by Crippen LogP contribution is -2.36. The van der Waals surface area contributed by atoms with Crippen LogP contribution in [0.2, 0.25) is 0 Å². The Morgan fingerprint density at radius 3 is 2.65 bits per heavy atom. The topological polar surface area (TPSA) is 73.4 Å². The number of benzene rings is 1. The zero-order valence-electron chi connectivity index (χ0n) is 14.8. The lowest BCUT2D eigenvalue weighted by Gasteiger charge is -2.21. The van der Waals surface area contributed by atoms with Gasteiger partial charge in [-0.1, -0.05) is 26.0 Å². The third-order valence-electron chi connectivity index (χ3n) is 3.58. The third-order valence-corrected chi connectivity index (χ3v) is 3.58. The number of urea groups is 1. The first-order valence-electron chi connectivity index (χ1n) is 8.30. The van der Waals surface area contributed by atoms with Gasteiger partial charge in [-0.15, -0.1) is 0 Å². The summed E-state index contributed by atoms with van der Waals surface area (Å²) in [5.41, 5.74) is 2.04. The van der Waals surface area contributed by atoms with E-state index >= 15 is 0 Å². The van der Waals surface area contributed by atoms with E-state index in [0.29, 0.717) is 19.1 Å². The van der Waals surface area contributed by atoms with Crippen molar-refractivity contribution in [3.8, 4) is 0 Å². The molecule has 130 valence electrons. The number of hydrogen-bond donors (Lipinski definition) is 4. The molecule has 0 spiro atoms. The zero-order valence-corrected chi connectivity index (χ0v) is 14.8. The molecule has 0 heterocycles. The standard InChI is InChI=1S/C18H31N3O2/c1-14(2)21-16-8-5-7-15(11-16)12-20-17(23)19-10-6-9-18(3,4)13-22/h5,7-8,11,14,21-22H,6,9-10,12-13H2,1-4H3,(H2,19,20,23). The molecule has 0 aromatic heterocycles. The molecule has 1 rings (SSSR count). The highest BCUT2D eigenvalue weighted by Crippen LogP contribution is 2.20. The van der Waals surface area contributed by atoms with Crippen molar-refractivity contribution in [3.63, 3.8) is 0 Å². The maximum atomic E-state index is 11.8. The lowest BCUT2D eigenvalue weighted by atomic mass is 9.89. The van der Waals surface area contributed by atoms with Crippen LogP contribution >= 0.6 is 0 Å². The van der Waals surface area contributed by atoms with Crippen LogP contribution in [0.1, 0.15) is 46.1 Å². The van der Waals surface area contributed by atoms with E-state index in [2.05, 4.69) is 29.8 Å². The fourth-order valence-corrected chi connectivity index (χ4v) is 2.20. The lowest BCUT2D eigenvalue weighted by molar-refractivity contribution is 0.148. The van der Waals surface area contributed by atoms with Gasteiger partial charge in [0.2, 0.25) is 0 Å². The van der Waals surface area contributed by atoms with Gasteiger partial charge in [-0.2, -0.15) is 0 Å². The molecule has 5 heteroatoms. The number of nitrogens with one attached hydrogen (secondary N) is 3. The summed E-state index contributed by atoms with van der Waals surface area (Å²) < 4.78 is 0. The average molecular weight is 321 g/mol. The molecule has 5 nitrogen and oxygen atoms in total. The third kappa shape index (κ3) is 8.45. The molecule has 1 aromatic rings. The Morgan fingerprint density at radius 1 is 1.26 bits per heavy atom. The number of aliphatic hydroxyl groups is 1. The molecular weight excluding hydrogens is 290 g/mol. The fraction of sp³-hybridized carbons (Fsp3) is 0.611. The van der Waals surface area contributed by atoms with Crippen molar-refractivity contribution in [2.45, 2.75) is 53.1 Å². The summed E-state index contributed by atoms with van der Waals surface area (Å²) >= 11 is 0. The van der Waals surface area contributed by atoms with Gasteiger partial charge in [0.05, 0.1) is 0 Å². The highest BCUT2D eigenvalue weighted by atomic mass is 16.3. The molecular formula is C18H31N3O2. The monoisotopic (exact) mass is 321 g/mol. The van der Waals surface area contributed by atoms with E-state index in [-0.39, 0.29) is 18.1 Å². The van der Waals surface area contributed by atoms with Crippen LogP contribution in [0.3, 0.4) is 0 Å². The van der Waals surface area contributed by atoms with Crippen molar-refractivity contribution in [2.24, 2.45) is 5.41 Å². The smallest absolute Gasteiger partial charge is 0.315 e. The second-order valence-electron chi connectivity index (χ2n) is 7.03. The van der Waals surface area contributed by atoms with Crippen molar-refractivity contribution >= 4 is 11.7 Å². The minimum Gasteiger partial charge on any atom is -0.396 e. The van der Waals surface area contributed by atoms with E-state index in [4.69, 9.17) is 0 Å². The SMILES string of the molecule is CC(C)Nc1cccc(CNC(=O)NCCCC(C)(C)CO)c1. The molecule has 0 bridgehead atoms. The number of anilines is 1. The maximum absolute atomic E-state index is 11.8. The molecule has 0 atom stereocenters. The molecule has 0 unspecified atom stereocenters. The Bertz CT molecular complexity index is 487. The van der Waals surface area contributed by atoms with Gasteiger partial charge in [0.15, 0.2) is 0 Å². The van der Waals surface area contributed by atoms with Crippen molar-refractivity contribution in [2.75, 3.05) is 18.5 Å². The largest absolute Gasteiger partial charge is 0.396 e. The van der Waals surface area contributed by atoms with E-state index in [1.807, 2.05) is 38.1 Å². The summed E-state index contributed by atoms with van der Waals surface area (Å²) in [5, 5.41) is 18.2. The van der Waals surface area contributed by atoms with Crippen LogP contribution in [-0.4, -0.2) is 30.3 Å². The average Bonchev–Trinajstić information content (AvgIpc) is 2.49. The second kappa shape index (κ2) is 9.40. The van der Waals surface area contributed by atoms with Gasteiger partial charge in [0, 0.05) is 31.4 Å². The molecule has 1 aromatic carbocycles. The van der Waals surface area contributed by atoms with Gasteiger partial charge in [-0.3, -0.25) is 0 Å². The van der Waals surface area contributed by atoms with Gasteiger partial charge < -0.3 is 21.1 Å². The van der Waals surface area contributed by atoms with Gasteiger partial charge in [-0.25, -0.2) is 4.79 Å². The minimum absolute atomic E-state index is 0.0813. The molecule has 0 aliphatic rings. The number of rotatable bonds is 9. The molecule has 0 saturated carbocycles. The van der Waals surface area contributed by atoms with Crippen LogP contribution in [-0.2, 0) is 6.54 Å². The predicted molar refractivity (Wildman–Crippen MR) is 95.5 cm³/mol. The zero-order chi connectivity index (χ0) is 17.3. The number of carbonyl (C=O) groups is 1. The molecule has 23 heavy (non-hydrogen) atoms. The van der Waals surface area contributed by atoms with Crippen LogP contribution < -0.4 is 16.0 Å². The quantitative estimate of drug-likeness (QED) is 0.528. The Balaban J connectivity index is 2.28. The number of amides is 2. The Hall–Kier alpha value is -1.75. The van der Waals surface area contributed by atoms with E-state index in [0.717, 1.165) is 24.1 Å². The fourth-order valence-electron chi connectivity index (χ4n) is 2.20. The maximum Gasteiger partial charge on any atom is 0.315 e. The van der Waals surface area contributed by atoms with Gasteiger partial charge in [0.25, 0.3) is 0 Å². The first kappa shape index (κ1) is 19.3. The Kier molecular flexibility index (Phi) is 7.89. The van der Waals surface area contributed by atoms with E-state index in [1.54, 1.807) is 0 Å². The molecule has 0 aliphatic carbocycles. The molecule has 2 amide bonds. The highest BCUT2D eigenvalue weighted by molar-refractivity contribution is 5.73. The minimum atomic E-state index is -0.158. The van der Waals surface area contributed by atoms with Crippen LogP contribution in [0.4, 0.5) is 10.5 Å². The van der Waals surface area contributed by atoms with Crippen molar-refractivity contribution in [1.29, 1.82) is 0 Å². The summed E-state index contributed by atoms with van der Waals surface area (Å²) in [6, 6.07) is 8.27. The molecule has 0 aliphatic heterocycles. The summed E-state index contributed by atoms with van der Waals surface area (Å²) in [6.07, 6.45) is 1.74. The number of carbonyl (C=O) groups excluding carboxylic acids is 1. The molecule has 0 saturated heterocycles. The van der Waals surface area contributed by atoms with Crippen LogP contribution in [0, 0.1) is 5.41 Å². The van der Waals surface area contributed by atoms with Gasteiger partial charge >= 0.3 is 6.03 Å². The summed E-state index contributed by atoms with van der Waals surface area (Å²) in [7, 11) is 0. The normalized spacial score (nSPS) is 11.4. The summed E-state index contributed by atoms with van der Waals surface area (Å²) in [6.45, 7) is 9.51. The van der Waals surface area contributed by atoms with Crippen LogP contribution in [0.25, 0.3) is 0 Å². The van der Waals surface area contributed by atoms with E-state index in [1.165, 1.54) is 0 Å².